The fourth-order valence-corrected chi connectivity index (χ4v) is 2.05. The second kappa shape index (κ2) is 5.35. The first-order chi connectivity index (χ1) is 7.00. The molecule has 4 nitrogen and oxygen atoms in total. The van der Waals surface area contributed by atoms with Crippen molar-refractivity contribution in [3.8, 4) is 0 Å². The number of piperidine rings is 1. The van der Waals surface area contributed by atoms with E-state index in [0.29, 0.717) is 5.92 Å². The molecule has 4 heteroatoms. The molecule has 0 aromatic rings. The van der Waals surface area contributed by atoms with Gasteiger partial charge in [-0.05, 0) is 38.9 Å². The average molecular weight is 213 g/mol. The van der Waals surface area contributed by atoms with E-state index in [-0.39, 0.29) is 6.03 Å². The predicted molar refractivity (Wildman–Crippen MR) is 61.9 cm³/mol. The SMILES string of the molecule is CN1CCC(CN(C)C(=O)N(C)C)CC1. The van der Waals surface area contributed by atoms with Crippen molar-refractivity contribution in [3.05, 3.63) is 0 Å². The van der Waals surface area contributed by atoms with Crippen molar-refractivity contribution in [2.24, 2.45) is 5.92 Å². The van der Waals surface area contributed by atoms with Gasteiger partial charge in [0.15, 0.2) is 0 Å². The minimum atomic E-state index is 0.105. The highest BCUT2D eigenvalue weighted by Gasteiger charge is 2.20. The van der Waals surface area contributed by atoms with Gasteiger partial charge in [-0.15, -0.1) is 0 Å². The third-order valence-electron chi connectivity index (χ3n) is 3.08. The Balaban J connectivity index is 2.32. The zero-order valence-corrected chi connectivity index (χ0v) is 10.4. The third kappa shape index (κ3) is 3.70. The number of rotatable bonds is 2. The van der Waals surface area contributed by atoms with Gasteiger partial charge in [-0.1, -0.05) is 0 Å². The highest BCUT2D eigenvalue weighted by Crippen LogP contribution is 2.16. The molecule has 1 aliphatic rings. The Morgan fingerprint density at radius 2 is 1.80 bits per heavy atom. The van der Waals surface area contributed by atoms with Crippen LogP contribution in [0.15, 0.2) is 0 Å². The summed E-state index contributed by atoms with van der Waals surface area (Å²) >= 11 is 0. The lowest BCUT2D eigenvalue weighted by Crippen LogP contribution is -2.41. The smallest absolute Gasteiger partial charge is 0.319 e. The molecule has 0 bridgehead atoms. The second-order valence-corrected chi connectivity index (χ2v) is 4.80. The molecule has 1 saturated heterocycles. The molecule has 0 aromatic heterocycles. The van der Waals surface area contributed by atoms with Crippen LogP contribution in [0.1, 0.15) is 12.8 Å². The van der Waals surface area contributed by atoms with Crippen molar-refractivity contribution < 1.29 is 4.79 Å². The summed E-state index contributed by atoms with van der Waals surface area (Å²) < 4.78 is 0. The van der Waals surface area contributed by atoms with Crippen molar-refractivity contribution in [3.63, 3.8) is 0 Å². The number of hydrogen-bond donors (Lipinski definition) is 0. The molecule has 0 N–H and O–H groups in total. The van der Waals surface area contributed by atoms with E-state index in [1.165, 1.54) is 12.8 Å². The van der Waals surface area contributed by atoms with Gasteiger partial charge in [0.05, 0.1) is 0 Å². The minimum Gasteiger partial charge on any atom is -0.331 e. The molecular weight excluding hydrogens is 190 g/mol. The lowest BCUT2D eigenvalue weighted by Gasteiger charge is -2.32. The summed E-state index contributed by atoms with van der Waals surface area (Å²) in [5.74, 6) is 0.676. The van der Waals surface area contributed by atoms with Gasteiger partial charge >= 0.3 is 6.03 Å². The Hall–Kier alpha value is -0.770. The Morgan fingerprint density at radius 1 is 1.27 bits per heavy atom. The van der Waals surface area contributed by atoms with Crippen LogP contribution in [0.2, 0.25) is 0 Å². The Morgan fingerprint density at radius 3 is 2.27 bits per heavy atom. The average Bonchev–Trinajstić information content (AvgIpc) is 2.20. The molecule has 1 heterocycles. The zero-order valence-electron chi connectivity index (χ0n) is 10.4. The van der Waals surface area contributed by atoms with Crippen molar-refractivity contribution >= 4 is 6.03 Å². The lowest BCUT2D eigenvalue weighted by atomic mass is 9.97. The molecular formula is C11H23N3O. The van der Waals surface area contributed by atoms with Gasteiger partial charge in [0.2, 0.25) is 0 Å². The molecule has 0 atom stereocenters. The standard InChI is InChI=1S/C11H23N3O/c1-12(2)11(15)14(4)9-10-5-7-13(3)8-6-10/h10H,5-9H2,1-4H3. The number of carbonyl (C=O) groups excluding carboxylic acids is 1. The van der Waals surface area contributed by atoms with E-state index in [0.717, 1.165) is 19.6 Å². The van der Waals surface area contributed by atoms with Crippen LogP contribution in [0.3, 0.4) is 0 Å². The largest absolute Gasteiger partial charge is 0.331 e. The number of hydrogen-bond acceptors (Lipinski definition) is 2. The summed E-state index contributed by atoms with van der Waals surface area (Å²) in [6, 6.07) is 0.105. The summed E-state index contributed by atoms with van der Waals surface area (Å²) in [7, 11) is 7.65. The van der Waals surface area contributed by atoms with Crippen molar-refractivity contribution in [1.82, 2.24) is 14.7 Å². The predicted octanol–water partition coefficient (Wildman–Crippen LogP) is 0.942. The third-order valence-corrected chi connectivity index (χ3v) is 3.08. The van der Waals surface area contributed by atoms with Crippen LogP contribution in [-0.2, 0) is 0 Å². The normalized spacial score (nSPS) is 18.9. The molecule has 2 amide bonds. The summed E-state index contributed by atoms with van der Waals surface area (Å²) in [5, 5.41) is 0. The maximum Gasteiger partial charge on any atom is 0.319 e. The van der Waals surface area contributed by atoms with E-state index in [1.54, 1.807) is 19.0 Å². The van der Waals surface area contributed by atoms with Gasteiger partial charge in [-0.25, -0.2) is 4.79 Å². The Bertz CT molecular complexity index is 210. The van der Waals surface area contributed by atoms with Crippen LogP contribution in [0.25, 0.3) is 0 Å². The van der Waals surface area contributed by atoms with Gasteiger partial charge in [-0.2, -0.15) is 0 Å². The molecule has 1 rings (SSSR count). The number of nitrogens with zero attached hydrogens (tertiary/aromatic N) is 3. The van der Waals surface area contributed by atoms with Crippen molar-refractivity contribution in [1.29, 1.82) is 0 Å². The topological polar surface area (TPSA) is 26.8 Å². The van der Waals surface area contributed by atoms with Crippen LogP contribution in [0.4, 0.5) is 4.79 Å². The fourth-order valence-electron chi connectivity index (χ4n) is 2.05. The van der Waals surface area contributed by atoms with Crippen molar-refractivity contribution in [2.45, 2.75) is 12.8 Å². The van der Waals surface area contributed by atoms with Gasteiger partial charge in [0, 0.05) is 27.7 Å². The summed E-state index contributed by atoms with van der Waals surface area (Å²) in [6.45, 7) is 3.22. The number of likely N-dealkylation sites (tertiary alicyclic amines) is 1. The first kappa shape index (κ1) is 12.3. The molecule has 0 radical (unpaired) electrons. The van der Waals surface area contributed by atoms with Crippen LogP contribution in [0, 0.1) is 5.92 Å². The van der Waals surface area contributed by atoms with Crippen LogP contribution in [-0.4, -0.2) is 68.6 Å². The molecule has 0 unspecified atom stereocenters. The monoisotopic (exact) mass is 213 g/mol. The number of amides is 2. The van der Waals surface area contributed by atoms with Crippen LogP contribution >= 0.6 is 0 Å². The lowest BCUT2D eigenvalue weighted by molar-refractivity contribution is 0.154. The second-order valence-electron chi connectivity index (χ2n) is 4.80. The molecule has 0 aliphatic carbocycles. The highest BCUT2D eigenvalue weighted by molar-refractivity contribution is 5.73. The first-order valence-electron chi connectivity index (χ1n) is 5.61. The number of carbonyl (C=O) groups is 1. The van der Waals surface area contributed by atoms with Gasteiger partial charge in [-0.3, -0.25) is 0 Å². The minimum absolute atomic E-state index is 0.105. The molecule has 15 heavy (non-hydrogen) atoms. The quantitative estimate of drug-likeness (QED) is 0.682. The van der Waals surface area contributed by atoms with E-state index >= 15 is 0 Å². The number of urea groups is 1. The molecule has 88 valence electrons. The molecule has 1 fully saturated rings. The molecule has 0 spiro atoms. The van der Waals surface area contributed by atoms with Crippen molar-refractivity contribution in [2.75, 3.05) is 47.8 Å². The van der Waals surface area contributed by atoms with Crippen LogP contribution in [0.5, 0.6) is 0 Å². The molecule has 0 aromatic carbocycles. The summed E-state index contributed by atoms with van der Waals surface area (Å²) in [4.78, 5) is 17.4. The maximum atomic E-state index is 11.6. The van der Waals surface area contributed by atoms with E-state index < -0.39 is 0 Å². The van der Waals surface area contributed by atoms with E-state index in [9.17, 15) is 4.79 Å². The van der Waals surface area contributed by atoms with E-state index in [1.807, 2.05) is 11.9 Å². The fraction of sp³-hybridized carbons (Fsp3) is 0.909. The van der Waals surface area contributed by atoms with Crippen LogP contribution < -0.4 is 0 Å². The van der Waals surface area contributed by atoms with Gasteiger partial charge in [0.25, 0.3) is 0 Å². The maximum absolute atomic E-state index is 11.6. The first-order valence-corrected chi connectivity index (χ1v) is 5.61. The molecule has 1 aliphatic heterocycles. The molecule has 0 saturated carbocycles. The Labute approximate surface area is 92.8 Å². The van der Waals surface area contributed by atoms with Gasteiger partial charge in [0.1, 0.15) is 0 Å². The van der Waals surface area contributed by atoms with E-state index in [2.05, 4.69) is 11.9 Å². The van der Waals surface area contributed by atoms with E-state index in [4.69, 9.17) is 0 Å². The zero-order chi connectivity index (χ0) is 11.4. The summed E-state index contributed by atoms with van der Waals surface area (Å²) in [6.07, 6.45) is 2.42. The Kier molecular flexibility index (Phi) is 4.39. The highest BCUT2D eigenvalue weighted by atomic mass is 16.2. The van der Waals surface area contributed by atoms with Gasteiger partial charge < -0.3 is 14.7 Å². The summed E-state index contributed by atoms with van der Waals surface area (Å²) in [5.41, 5.74) is 0.